The molecule has 0 spiro atoms. The van der Waals surface area contributed by atoms with Gasteiger partial charge >= 0.3 is 0 Å². The summed E-state index contributed by atoms with van der Waals surface area (Å²) in [5.74, 6) is 0.805. The van der Waals surface area contributed by atoms with E-state index in [9.17, 15) is 9.50 Å². The Bertz CT molecular complexity index is 832. The van der Waals surface area contributed by atoms with E-state index in [0.717, 1.165) is 30.6 Å². The fourth-order valence-corrected chi connectivity index (χ4v) is 5.35. The van der Waals surface area contributed by atoms with Crippen molar-refractivity contribution in [3.05, 3.63) is 59.4 Å². The molecule has 0 aliphatic carbocycles. The van der Waals surface area contributed by atoms with Gasteiger partial charge in [-0.05, 0) is 68.9 Å². The van der Waals surface area contributed by atoms with Crippen molar-refractivity contribution in [3.8, 4) is 5.75 Å². The topological polar surface area (TPSA) is 32.7 Å². The van der Waals surface area contributed by atoms with E-state index in [1.54, 1.807) is 17.8 Å². The Balaban J connectivity index is 0.00000225. The molecule has 2 aliphatic rings. The van der Waals surface area contributed by atoms with Crippen molar-refractivity contribution in [1.29, 1.82) is 0 Å². The first kappa shape index (κ1) is 21.4. The fourth-order valence-electron chi connectivity index (χ4n) is 4.29. The van der Waals surface area contributed by atoms with Crippen LogP contribution in [-0.2, 0) is 6.42 Å². The van der Waals surface area contributed by atoms with Crippen LogP contribution < -0.4 is 4.74 Å². The van der Waals surface area contributed by atoms with Gasteiger partial charge in [0.05, 0.1) is 11.6 Å². The molecule has 152 valence electrons. The van der Waals surface area contributed by atoms with Gasteiger partial charge in [-0.1, -0.05) is 36.0 Å². The van der Waals surface area contributed by atoms with Crippen LogP contribution in [0.5, 0.6) is 5.75 Å². The zero-order chi connectivity index (χ0) is 19.0. The van der Waals surface area contributed by atoms with Gasteiger partial charge in [0.15, 0.2) is 4.93 Å². The lowest BCUT2D eigenvalue weighted by Crippen LogP contribution is -2.33. The Kier molecular flexibility index (Phi) is 6.60. The number of ether oxygens (including phenoxy) is 1. The van der Waals surface area contributed by atoms with Crippen molar-refractivity contribution in [1.82, 2.24) is 4.90 Å². The summed E-state index contributed by atoms with van der Waals surface area (Å²) < 4.78 is 19.8. The molecule has 2 unspecified atom stereocenters. The van der Waals surface area contributed by atoms with Crippen molar-refractivity contribution in [3.63, 3.8) is 0 Å². The molecule has 0 aromatic heterocycles. The molecule has 2 heterocycles. The first-order chi connectivity index (χ1) is 13.0. The number of nitrogens with zero attached hydrogens (tertiary/aromatic N) is 1. The summed E-state index contributed by atoms with van der Waals surface area (Å²) in [7, 11) is 0. The van der Waals surface area contributed by atoms with Crippen molar-refractivity contribution < 1.29 is 14.2 Å². The highest BCUT2D eigenvalue weighted by molar-refractivity contribution is 8.00. The van der Waals surface area contributed by atoms with E-state index in [1.165, 1.54) is 16.5 Å². The highest BCUT2D eigenvalue weighted by atomic mass is 35.5. The molecule has 28 heavy (non-hydrogen) atoms. The van der Waals surface area contributed by atoms with Crippen LogP contribution >= 0.6 is 24.2 Å². The maximum atomic E-state index is 13.9. The molecule has 1 N–H and O–H groups in total. The normalized spacial score (nSPS) is 23.1. The Hall–Kier alpha value is -1.27. The maximum Gasteiger partial charge on any atom is 0.153 e. The first-order valence-electron chi connectivity index (χ1n) is 9.59. The minimum Gasteiger partial charge on any atom is -0.476 e. The summed E-state index contributed by atoms with van der Waals surface area (Å²) in [5, 5.41) is 10.0. The summed E-state index contributed by atoms with van der Waals surface area (Å²) in [4.78, 5) is 3.11. The van der Waals surface area contributed by atoms with Gasteiger partial charge in [-0.3, -0.25) is 4.90 Å². The number of aliphatic hydroxyl groups is 1. The van der Waals surface area contributed by atoms with Crippen molar-refractivity contribution in [2.24, 2.45) is 0 Å². The summed E-state index contributed by atoms with van der Waals surface area (Å²) >= 11 is 1.74. The second-order valence-corrected chi connectivity index (χ2v) is 9.47. The number of aryl methyl sites for hydroxylation is 1. The number of thioether (sulfide) groups is 1. The number of fused-ring (bicyclic) bond motifs is 1. The van der Waals surface area contributed by atoms with Crippen LogP contribution in [0.25, 0.3) is 0 Å². The van der Waals surface area contributed by atoms with Gasteiger partial charge in [0, 0.05) is 12.1 Å². The third-order valence-electron chi connectivity index (χ3n) is 5.57. The number of rotatable bonds is 5. The van der Waals surface area contributed by atoms with Gasteiger partial charge < -0.3 is 9.84 Å². The molecule has 3 nitrogen and oxygen atoms in total. The number of hydrogen-bond donors (Lipinski definition) is 1. The number of likely N-dealkylation sites (tertiary alicyclic amines) is 1. The van der Waals surface area contributed by atoms with E-state index >= 15 is 0 Å². The Morgan fingerprint density at radius 3 is 2.75 bits per heavy atom. The summed E-state index contributed by atoms with van der Waals surface area (Å²) in [6.45, 7) is 4.18. The molecule has 0 saturated carbocycles. The van der Waals surface area contributed by atoms with Crippen LogP contribution in [-0.4, -0.2) is 27.7 Å². The molecule has 2 atom stereocenters. The Labute approximate surface area is 176 Å². The molecule has 2 aromatic carbocycles. The van der Waals surface area contributed by atoms with Crippen molar-refractivity contribution in [2.75, 3.05) is 6.73 Å². The first-order valence-corrected chi connectivity index (χ1v) is 10.4. The predicted octanol–water partition coefficient (Wildman–Crippen LogP) is 5.56. The molecular formula is C22H27ClFNO2S. The van der Waals surface area contributed by atoms with Crippen LogP contribution in [0.1, 0.15) is 50.3 Å². The van der Waals surface area contributed by atoms with Gasteiger partial charge in [-0.2, -0.15) is 0 Å². The monoisotopic (exact) mass is 423 g/mol. The van der Waals surface area contributed by atoms with Crippen LogP contribution in [0.3, 0.4) is 0 Å². The number of halogens is 2. The molecule has 2 aliphatic heterocycles. The lowest BCUT2D eigenvalue weighted by atomic mass is 10.0. The lowest BCUT2D eigenvalue weighted by molar-refractivity contribution is 0.0595. The van der Waals surface area contributed by atoms with Gasteiger partial charge in [0.2, 0.25) is 0 Å². The van der Waals surface area contributed by atoms with Gasteiger partial charge in [-0.15, -0.1) is 12.4 Å². The third kappa shape index (κ3) is 4.33. The second kappa shape index (κ2) is 8.62. The Morgan fingerprint density at radius 1 is 1.21 bits per heavy atom. The molecule has 4 rings (SSSR count). The van der Waals surface area contributed by atoms with E-state index in [-0.39, 0.29) is 42.0 Å². The average molecular weight is 424 g/mol. The number of aliphatic hydroxyl groups excluding tert-OH is 1. The quantitative estimate of drug-likeness (QED) is 0.682. The highest BCUT2D eigenvalue weighted by Gasteiger charge is 2.36. The van der Waals surface area contributed by atoms with Crippen LogP contribution in [0.4, 0.5) is 4.39 Å². The summed E-state index contributed by atoms with van der Waals surface area (Å²) in [6.07, 6.45) is 3.58. The predicted molar refractivity (Wildman–Crippen MR) is 114 cm³/mol. The summed E-state index contributed by atoms with van der Waals surface area (Å²) in [6, 6.07) is 13.8. The smallest absolute Gasteiger partial charge is 0.153 e. The minimum absolute atomic E-state index is 0. The molecule has 0 bridgehead atoms. The number of hydrogen-bond acceptors (Lipinski definition) is 4. The second-order valence-electron chi connectivity index (χ2n) is 7.84. The Morgan fingerprint density at radius 2 is 2.00 bits per heavy atom. The van der Waals surface area contributed by atoms with Crippen LogP contribution in [0.2, 0.25) is 0 Å². The van der Waals surface area contributed by atoms with E-state index in [0.29, 0.717) is 6.42 Å². The molecular weight excluding hydrogens is 397 g/mol. The largest absolute Gasteiger partial charge is 0.476 e. The lowest BCUT2D eigenvalue weighted by Gasteiger charge is -2.28. The highest BCUT2D eigenvalue weighted by Crippen LogP contribution is 2.49. The molecule has 6 heteroatoms. The van der Waals surface area contributed by atoms with Gasteiger partial charge in [-0.25, -0.2) is 4.39 Å². The average Bonchev–Trinajstić information content (AvgIpc) is 3.18. The standard InChI is InChI=1S/C22H26FNO2S.ClH/c1-22(2)26-20-12-8-16(13-21(20)27-22)19-11-10-17(24(19)14-25)9-7-15-5-3-4-6-18(15)23;/h3-6,8,12-13,17,19,25H,7,9-11,14H2,1-2H3;1H. The molecule has 2 aromatic rings. The van der Waals surface area contributed by atoms with E-state index < -0.39 is 0 Å². The SMILES string of the molecule is CC1(C)Oc2ccc(C3CCC(CCc4ccccc4F)N3CO)cc2S1.Cl. The fraction of sp³-hybridized carbons (Fsp3) is 0.455. The summed E-state index contributed by atoms with van der Waals surface area (Å²) in [5.41, 5.74) is 1.98. The molecule has 1 saturated heterocycles. The minimum atomic E-state index is -0.227. The zero-order valence-corrected chi connectivity index (χ0v) is 17.9. The zero-order valence-electron chi connectivity index (χ0n) is 16.2. The third-order valence-corrected chi connectivity index (χ3v) is 6.69. The maximum absolute atomic E-state index is 13.9. The van der Waals surface area contributed by atoms with E-state index in [4.69, 9.17) is 4.74 Å². The van der Waals surface area contributed by atoms with Crippen molar-refractivity contribution >= 4 is 24.2 Å². The van der Waals surface area contributed by atoms with Crippen LogP contribution in [0.15, 0.2) is 47.4 Å². The van der Waals surface area contributed by atoms with Gasteiger partial charge in [0.25, 0.3) is 0 Å². The van der Waals surface area contributed by atoms with Gasteiger partial charge in [0.1, 0.15) is 11.6 Å². The van der Waals surface area contributed by atoms with E-state index in [2.05, 4.69) is 36.9 Å². The van der Waals surface area contributed by atoms with E-state index in [1.807, 2.05) is 12.1 Å². The molecule has 0 amide bonds. The number of benzene rings is 2. The molecule has 1 fully saturated rings. The van der Waals surface area contributed by atoms with Crippen molar-refractivity contribution in [2.45, 2.75) is 61.4 Å². The van der Waals surface area contributed by atoms with Crippen LogP contribution in [0, 0.1) is 5.82 Å². The molecule has 0 radical (unpaired) electrons.